The number of nitrogens with zero attached hydrogens (tertiary/aromatic N) is 3. The molecule has 1 heterocycles. The molecule has 1 aromatic heterocycles. The molecule has 2 amide bonds. The number of aryl methyl sites for hydroxylation is 2. The zero-order chi connectivity index (χ0) is 25.4. The molecule has 0 spiro atoms. The molecule has 3 aromatic rings. The predicted octanol–water partition coefficient (Wildman–Crippen LogP) is 6.16. The minimum Gasteiger partial charge on any atom is -0.333 e. The lowest BCUT2D eigenvalue weighted by Gasteiger charge is -2.24. The van der Waals surface area contributed by atoms with Crippen LogP contribution in [-0.2, 0) is 9.59 Å². The maximum Gasteiger partial charge on any atom is 0.245 e. The number of aromatic nitrogens is 2. The van der Waals surface area contributed by atoms with Crippen molar-refractivity contribution in [3.8, 4) is 16.8 Å². The van der Waals surface area contributed by atoms with Crippen LogP contribution in [0.5, 0.6) is 0 Å². The maximum absolute atomic E-state index is 13.4. The van der Waals surface area contributed by atoms with E-state index >= 15 is 0 Å². The van der Waals surface area contributed by atoms with Crippen molar-refractivity contribution in [2.24, 2.45) is 5.92 Å². The summed E-state index contributed by atoms with van der Waals surface area (Å²) in [6.45, 7) is 10.8. The summed E-state index contributed by atoms with van der Waals surface area (Å²) in [4.78, 5) is 27.9. The van der Waals surface area contributed by atoms with Gasteiger partial charge >= 0.3 is 0 Å². The van der Waals surface area contributed by atoms with Gasteiger partial charge in [-0.25, -0.2) is 4.68 Å². The third kappa shape index (κ3) is 6.81. The van der Waals surface area contributed by atoms with Crippen LogP contribution in [-0.4, -0.2) is 39.6 Å². The van der Waals surface area contributed by atoms with E-state index in [0.29, 0.717) is 18.8 Å². The van der Waals surface area contributed by atoms with Gasteiger partial charge in [-0.2, -0.15) is 5.10 Å². The number of carbonyl (C=O) groups excluding carboxylic acids is 2. The summed E-state index contributed by atoms with van der Waals surface area (Å²) in [5, 5.41) is 7.92. The molecule has 6 heteroatoms. The van der Waals surface area contributed by atoms with E-state index in [1.165, 1.54) is 0 Å². The first kappa shape index (κ1) is 26.2. The van der Waals surface area contributed by atoms with Crippen LogP contribution in [0.15, 0.2) is 54.6 Å². The molecule has 0 aliphatic rings. The number of carbonyl (C=O) groups is 2. The Kier molecular flexibility index (Phi) is 9.24. The van der Waals surface area contributed by atoms with Crippen molar-refractivity contribution >= 4 is 17.6 Å². The molecule has 0 aliphatic carbocycles. The van der Waals surface area contributed by atoms with E-state index in [4.69, 9.17) is 5.10 Å². The van der Waals surface area contributed by atoms with Gasteiger partial charge in [-0.05, 0) is 43.4 Å². The largest absolute Gasteiger partial charge is 0.333 e. The van der Waals surface area contributed by atoms with Crippen molar-refractivity contribution < 1.29 is 9.59 Å². The zero-order valence-corrected chi connectivity index (χ0v) is 21.7. The fourth-order valence-electron chi connectivity index (χ4n) is 4.29. The molecule has 0 unspecified atom stereocenters. The molecular formula is C29H38N4O2. The highest BCUT2D eigenvalue weighted by atomic mass is 16.2. The molecule has 0 saturated heterocycles. The number of hydrogen-bond acceptors (Lipinski definition) is 3. The summed E-state index contributed by atoms with van der Waals surface area (Å²) in [6.07, 6.45) is 3.40. The van der Waals surface area contributed by atoms with Crippen LogP contribution in [0.1, 0.15) is 57.7 Å². The molecule has 6 nitrogen and oxygen atoms in total. The van der Waals surface area contributed by atoms with Gasteiger partial charge in [0, 0.05) is 18.5 Å². The van der Waals surface area contributed by atoms with E-state index in [-0.39, 0.29) is 24.3 Å². The highest BCUT2D eigenvalue weighted by Gasteiger charge is 2.23. The van der Waals surface area contributed by atoms with Crippen LogP contribution in [0.2, 0.25) is 0 Å². The van der Waals surface area contributed by atoms with Gasteiger partial charge in [0.25, 0.3) is 0 Å². The number of amides is 2. The van der Waals surface area contributed by atoms with Gasteiger partial charge in [0.05, 0.1) is 17.9 Å². The Labute approximate surface area is 209 Å². The highest BCUT2D eigenvalue weighted by molar-refractivity contribution is 5.98. The number of para-hydroxylation sites is 1. The molecule has 1 N–H and O–H groups in total. The first-order valence-electron chi connectivity index (χ1n) is 12.6. The van der Waals surface area contributed by atoms with Crippen LogP contribution in [0.3, 0.4) is 0 Å². The fourth-order valence-corrected chi connectivity index (χ4v) is 4.29. The second kappa shape index (κ2) is 12.3. The Balaban J connectivity index is 1.94. The Hall–Kier alpha value is -3.41. The van der Waals surface area contributed by atoms with E-state index in [0.717, 1.165) is 47.3 Å². The standard InChI is InChI=1S/C29H38N4O2/c1-6-7-9-18-27(35)32(19-21(2)3)20-26(34)30-29-28(24-15-10-8-11-16-24)23(5)31-33(29)25-17-13-12-14-22(25)4/h8,10-17,21H,6-7,9,18-20H2,1-5H3,(H,30,34). The van der Waals surface area contributed by atoms with Crippen molar-refractivity contribution in [3.63, 3.8) is 0 Å². The molecule has 2 aromatic carbocycles. The summed E-state index contributed by atoms with van der Waals surface area (Å²) in [5.41, 5.74) is 4.64. The molecule has 0 bridgehead atoms. The second-order valence-corrected chi connectivity index (χ2v) is 9.55. The molecule has 0 radical (unpaired) electrons. The number of anilines is 1. The van der Waals surface area contributed by atoms with Gasteiger partial charge in [0.2, 0.25) is 11.8 Å². The lowest BCUT2D eigenvalue weighted by atomic mass is 10.1. The lowest BCUT2D eigenvalue weighted by Crippen LogP contribution is -2.40. The van der Waals surface area contributed by atoms with Crippen molar-refractivity contribution in [1.29, 1.82) is 0 Å². The smallest absolute Gasteiger partial charge is 0.245 e. The molecule has 3 rings (SSSR count). The summed E-state index contributed by atoms with van der Waals surface area (Å²) < 4.78 is 1.81. The SMILES string of the molecule is CCCCCC(=O)N(CC(=O)Nc1c(-c2ccccc2)c(C)nn1-c1ccccc1C)CC(C)C. The Morgan fingerprint density at radius 3 is 2.34 bits per heavy atom. The monoisotopic (exact) mass is 474 g/mol. The Morgan fingerprint density at radius 1 is 1.00 bits per heavy atom. The van der Waals surface area contributed by atoms with Gasteiger partial charge in [-0.3, -0.25) is 9.59 Å². The van der Waals surface area contributed by atoms with E-state index in [2.05, 4.69) is 26.1 Å². The third-order valence-corrected chi connectivity index (χ3v) is 5.99. The summed E-state index contributed by atoms with van der Waals surface area (Å²) in [6, 6.07) is 17.9. The number of rotatable bonds is 11. The Morgan fingerprint density at radius 2 is 1.69 bits per heavy atom. The second-order valence-electron chi connectivity index (χ2n) is 9.55. The number of nitrogens with one attached hydrogen (secondary N) is 1. The first-order valence-corrected chi connectivity index (χ1v) is 12.6. The first-order chi connectivity index (χ1) is 16.8. The predicted molar refractivity (Wildman–Crippen MR) is 143 cm³/mol. The summed E-state index contributed by atoms with van der Waals surface area (Å²) >= 11 is 0. The summed E-state index contributed by atoms with van der Waals surface area (Å²) in [7, 11) is 0. The van der Waals surface area contributed by atoms with Crippen molar-refractivity contribution in [2.75, 3.05) is 18.4 Å². The molecular weight excluding hydrogens is 436 g/mol. The zero-order valence-electron chi connectivity index (χ0n) is 21.7. The molecule has 186 valence electrons. The molecule has 0 atom stereocenters. The van der Waals surface area contributed by atoms with Crippen LogP contribution in [0.4, 0.5) is 5.82 Å². The minimum atomic E-state index is -0.221. The van der Waals surface area contributed by atoms with Crippen molar-refractivity contribution in [3.05, 3.63) is 65.9 Å². The van der Waals surface area contributed by atoms with Crippen LogP contribution in [0.25, 0.3) is 16.8 Å². The van der Waals surface area contributed by atoms with Gasteiger partial charge in [0.1, 0.15) is 5.82 Å². The molecule has 35 heavy (non-hydrogen) atoms. The van der Waals surface area contributed by atoms with E-state index in [9.17, 15) is 9.59 Å². The van der Waals surface area contributed by atoms with Gasteiger partial charge in [0.15, 0.2) is 0 Å². The van der Waals surface area contributed by atoms with Crippen LogP contribution >= 0.6 is 0 Å². The number of benzene rings is 2. The topological polar surface area (TPSA) is 67.2 Å². The van der Waals surface area contributed by atoms with Crippen molar-refractivity contribution in [1.82, 2.24) is 14.7 Å². The van der Waals surface area contributed by atoms with Crippen LogP contribution < -0.4 is 5.32 Å². The maximum atomic E-state index is 13.4. The van der Waals surface area contributed by atoms with Gasteiger partial charge in [-0.1, -0.05) is 82.1 Å². The lowest BCUT2D eigenvalue weighted by molar-refractivity contribution is -0.135. The van der Waals surface area contributed by atoms with E-state index < -0.39 is 0 Å². The van der Waals surface area contributed by atoms with Crippen LogP contribution in [0, 0.1) is 19.8 Å². The quantitative estimate of drug-likeness (QED) is 0.339. The number of hydrogen-bond donors (Lipinski definition) is 1. The Bertz CT molecular complexity index is 1130. The average molecular weight is 475 g/mol. The van der Waals surface area contributed by atoms with Gasteiger partial charge in [-0.15, -0.1) is 0 Å². The third-order valence-electron chi connectivity index (χ3n) is 5.99. The molecule has 0 fully saturated rings. The number of unbranched alkanes of at least 4 members (excludes halogenated alkanes) is 2. The fraction of sp³-hybridized carbons (Fsp3) is 0.414. The van der Waals surface area contributed by atoms with Crippen molar-refractivity contribution in [2.45, 2.75) is 60.3 Å². The van der Waals surface area contributed by atoms with Gasteiger partial charge < -0.3 is 10.2 Å². The molecule has 0 saturated carbocycles. The minimum absolute atomic E-state index is 0.0232. The highest BCUT2D eigenvalue weighted by Crippen LogP contribution is 2.34. The van der Waals surface area contributed by atoms with E-state index in [1.807, 2.05) is 68.4 Å². The normalized spacial score (nSPS) is 11.0. The van der Waals surface area contributed by atoms with E-state index in [1.54, 1.807) is 9.58 Å². The molecule has 0 aliphatic heterocycles. The average Bonchev–Trinajstić information content (AvgIpc) is 3.14. The summed E-state index contributed by atoms with van der Waals surface area (Å²) in [5.74, 6) is 0.712.